The van der Waals surface area contributed by atoms with Gasteiger partial charge in [0.05, 0.1) is 17.2 Å². The molecule has 0 aliphatic carbocycles. The van der Waals surface area contributed by atoms with Crippen molar-refractivity contribution < 1.29 is 22.7 Å². The van der Waals surface area contributed by atoms with Crippen LogP contribution in [-0.2, 0) is 23.8 Å². The second kappa shape index (κ2) is 11.7. The van der Waals surface area contributed by atoms with Gasteiger partial charge in [-0.1, -0.05) is 54.6 Å². The molecule has 3 nitrogen and oxygen atoms in total. The summed E-state index contributed by atoms with van der Waals surface area (Å²) >= 11 is 0. The number of benzene rings is 3. The lowest BCUT2D eigenvalue weighted by atomic mass is 9.83. The second-order valence-corrected chi connectivity index (χ2v) is 9.57. The van der Waals surface area contributed by atoms with Crippen LogP contribution < -0.4 is 10.1 Å². The van der Waals surface area contributed by atoms with E-state index in [2.05, 4.69) is 29.6 Å². The van der Waals surface area contributed by atoms with E-state index < -0.39 is 11.7 Å². The Bertz CT molecular complexity index is 1230. The van der Waals surface area contributed by atoms with Crippen molar-refractivity contribution in [1.29, 1.82) is 0 Å². The maximum atomic E-state index is 13.0. The topological polar surface area (TPSA) is 38.3 Å². The molecule has 3 aromatic carbocycles. The number of carbonyl (C=O) groups excluding carboxylic acids is 1. The fourth-order valence-corrected chi connectivity index (χ4v) is 4.91. The van der Waals surface area contributed by atoms with Crippen molar-refractivity contribution in [2.75, 3.05) is 7.05 Å². The maximum Gasteiger partial charge on any atom is 0.416 e. The van der Waals surface area contributed by atoms with Gasteiger partial charge in [-0.3, -0.25) is 4.79 Å². The lowest BCUT2D eigenvalue weighted by Crippen LogP contribution is -2.26. The molecule has 0 saturated heterocycles. The first-order valence-electron chi connectivity index (χ1n) is 12.6. The monoisotopic (exact) mass is 507 g/mol. The van der Waals surface area contributed by atoms with Gasteiger partial charge in [0.1, 0.15) is 5.75 Å². The van der Waals surface area contributed by atoms with Crippen LogP contribution in [0.4, 0.5) is 13.2 Å². The molecule has 37 heavy (non-hydrogen) atoms. The zero-order valence-corrected chi connectivity index (χ0v) is 21.1. The maximum absolute atomic E-state index is 13.0. The van der Waals surface area contributed by atoms with Crippen molar-refractivity contribution in [3.63, 3.8) is 0 Å². The molecule has 0 unspecified atom stereocenters. The van der Waals surface area contributed by atoms with E-state index in [1.807, 2.05) is 37.3 Å². The molecule has 0 spiro atoms. The summed E-state index contributed by atoms with van der Waals surface area (Å²) in [4.78, 5) is 12.8. The number of nitrogens with one attached hydrogen (secondary N) is 1. The summed E-state index contributed by atoms with van der Waals surface area (Å²) in [7, 11) is 1.65. The average Bonchev–Trinajstić information content (AvgIpc) is 2.90. The molecule has 1 heterocycles. The summed E-state index contributed by atoms with van der Waals surface area (Å²) < 4.78 is 44.9. The van der Waals surface area contributed by atoms with E-state index in [0.29, 0.717) is 12.8 Å². The Morgan fingerprint density at radius 2 is 1.68 bits per heavy atom. The van der Waals surface area contributed by atoms with Crippen LogP contribution in [-0.4, -0.2) is 13.0 Å². The van der Waals surface area contributed by atoms with Crippen LogP contribution in [0, 0.1) is 0 Å². The van der Waals surface area contributed by atoms with Crippen LogP contribution in [0.15, 0.2) is 84.6 Å². The molecule has 0 aromatic heterocycles. The molecule has 0 bridgehead atoms. The highest BCUT2D eigenvalue weighted by molar-refractivity contribution is 5.83. The third-order valence-electron chi connectivity index (χ3n) is 7.07. The zero-order valence-electron chi connectivity index (χ0n) is 21.1. The van der Waals surface area contributed by atoms with Gasteiger partial charge in [-0.15, -0.1) is 0 Å². The first-order chi connectivity index (χ1) is 17.7. The van der Waals surface area contributed by atoms with E-state index in [-0.39, 0.29) is 17.7 Å². The number of hydrogen-bond acceptors (Lipinski definition) is 2. The Balaban J connectivity index is 1.56. The molecule has 0 saturated carbocycles. The number of likely N-dealkylation sites (N-methyl/N-ethyl adjacent to an activating group) is 1. The molecular formula is C31H32F3NO2. The van der Waals surface area contributed by atoms with Gasteiger partial charge in [0.25, 0.3) is 0 Å². The molecule has 0 fully saturated rings. The Morgan fingerprint density at radius 3 is 2.35 bits per heavy atom. The number of allylic oxidation sites excluding steroid dienone is 2. The standard InChI is InChI=1S/C31H32F3NO2/c1-21-8-12-25-14-15-26(20-29(25)37-21)23(13-9-22-10-17-27(18-11-22)31(32,33)34)16-19-28(30(36)35-2)24-6-4-3-5-7-24/h3-8,10-11,14-15,17-18,20,23,28H,9,12-13,16,19H2,1-2H3,(H,35,36)/t23-,28-/m1/s1. The molecular weight excluding hydrogens is 475 g/mol. The van der Waals surface area contributed by atoms with Crippen LogP contribution >= 0.6 is 0 Å². The number of halogens is 3. The largest absolute Gasteiger partial charge is 0.462 e. The van der Waals surface area contributed by atoms with Gasteiger partial charge in [0.15, 0.2) is 0 Å². The summed E-state index contributed by atoms with van der Waals surface area (Å²) in [6, 6.07) is 21.4. The molecule has 3 aromatic rings. The zero-order chi connectivity index (χ0) is 26.4. The Labute approximate surface area is 216 Å². The Hall–Kier alpha value is -3.54. The van der Waals surface area contributed by atoms with Crippen molar-refractivity contribution in [3.8, 4) is 5.75 Å². The van der Waals surface area contributed by atoms with Crippen LogP contribution in [0.1, 0.15) is 65.8 Å². The van der Waals surface area contributed by atoms with E-state index in [4.69, 9.17) is 4.74 Å². The minimum atomic E-state index is -4.34. The highest BCUT2D eigenvalue weighted by Crippen LogP contribution is 2.36. The van der Waals surface area contributed by atoms with Gasteiger partial charge in [-0.2, -0.15) is 13.2 Å². The van der Waals surface area contributed by atoms with Crippen LogP contribution in [0.2, 0.25) is 0 Å². The summed E-state index contributed by atoms with van der Waals surface area (Å²) in [5, 5.41) is 2.79. The van der Waals surface area contributed by atoms with Crippen LogP contribution in [0.5, 0.6) is 5.75 Å². The number of fused-ring (bicyclic) bond motifs is 1. The molecule has 1 aliphatic heterocycles. The fourth-order valence-electron chi connectivity index (χ4n) is 4.91. The summed E-state index contributed by atoms with van der Waals surface area (Å²) in [5.41, 5.74) is 3.43. The smallest absolute Gasteiger partial charge is 0.416 e. The van der Waals surface area contributed by atoms with Gasteiger partial charge >= 0.3 is 6.18 Å². The third-order valence-corrected chi connectivity index (χ3v) is 7.07. The quantitative estimate of drug-likeness (QED) is 0.324. The predicted molar refractivity (Wildman–Crippen MR) is 140 cm³/mol. The normalized spacial score (nSPS) is 14.7. The first-order valence-corrected chi connectivity index (χ1v) is 12.6. The Kier molecular flexibility index (Phi) is 8.37. The number of aryl methyl sites for hydroxylation is 1. The number of carbonyl (C=O) groups is 1. The fraction of sp³-hybridized carbons (Fsp3) is 0.323. The van der Waals surface area contributed by atoms with E-state index in [1.165, 1.54) is 0 Å². The third kappa shape index (κ3) is 6.82. The average molecular weight is 508 g/mol. The van der Waals surface area contributed by atoms with Gasteiger partial charge in [0, 0.05) is 7.05 Å². The molecule has 1 aliphatic rings. The summed E-state index contributed by atoms with van der Waals surface area (Å²) in [5.74, 6) is 1.52. The number of rotatable bonds is 9. The van der Waals surface area contributed by atoms with Gasteiger partial charge in [0.2, 0.25) is 5.91 Å². The predicted octanol–water partition coefficient (Wildman–Crippen LogP) is 7.57. The minimum absolute atomic E-state index is 0.0257. The first kappa shape index (κ1) is 26.5. The molecule has 194 valence electrons. The highest BCUT2D eigenvalue weighted by Gasteiger charge is 2.30. The molecule has 1 N–H and O–H groups in total. The van der Waals surface area contributed by atoms with Crippen molar-refractivity contribution in [2.45, 2.75) is 57.0 Å². The number of ether oxygens (including phenoxy) is 1. The highest BCUT2D eigenvalue weighted by atomic mass is 19.4. The number of amides is 1. The van der Waals surface area contributed by atoms with E-state index in [0.717, 1.165) is 65.2 Å². The molecule has 2 atom stereocenters. The lowest BCUT2D eigenvalue weighted by Gasteiger charge is -2.24. The van der Waals surface area contributed by atoms with Gasteiger partial charge < -0.3 is 10.1 Å². The summed E-state index contributed by atoms with van der Waals surface area (Å²) in [6.45, 7) is 1.94. The van der Waals surface area contributed by atoms with E-state index in [9.17, 15) is 18.0 Å². The van der Waals surface area contributed by atoms with Crippen LogP contribution in [0.3, 0.4) is 0 Å². The van der Waals surface area contributed by atoms with E-state index >= 15 is 0 Å². The Morgan fingerprint density at radius 1 is 0.946 bits per heavy atom. The number of hydrogen-bond donors (Lipinski definition) is 1. The molecule has 1 amide bonds. The van der Waals surface area contributed by atoms with Crippen molar-refractivity contribution in [2.24, 2.45) is 0 Å². The minimum Gasteiger partial charge on any atom is -0.462 e. The SMILES string of the molecule is CNC(=O)[C@H](CC[C@@H](CCc1ccc(C(F)(F)F)cc1)c1ccc2c(c1)OC(C)=CC2)c1ccccc1. The van der Waals surface area contributed by atoms with Crippen molar-refractivity contribution in [1.82, 2.24) is 5.32 Å². The number of alkyl halides is 3. The van der Waals surface area contributed by atoms with Crippen LogP contribution in [0.25, 0.3) is 0 Å². The van der Waals surface area contributed by atoms with Gasteiger partial charge in [-0.05, 0) is 91.5 Å². The second-order valence-electron chi connectivity index (χ2n) is 9.57. The molecule has 4 rings (SSSR count). The van der Waals surface area contributed by atoms with Crippen molar-refractivity contribution >= 4 is 5.91 Å². The van der Waals surface area contributed by atoms with Crippen molar-refractivity contribution in [3.05, 3.63) is 112 Å². The molecule has 0 radical (unpaired) electrons. The van der Waals surface area contributed by atoms with Gasteiger partial charge in [-0.25, -0.2) is 0 Å². The summed E-state index contributed by atoms with van der Waals surface area (Å²) in [6.07, 6.45) is 1.31. The van der Waals surface area contributed by atoms with E-state index in [1.54, 1.807) is 19.2 Å². The lowest BCUT2D eigenvalue weighted by molar-refractivity contribution is -0.137. The molecule has 6 heteroatoms.